The van der Waals surface area contributed by atoms with Crippen LogP contribution in [0.25, 0.3) is 30.4 Å². The number of rotatable bonds is 9. The summed E-state index contributed by atoms with van der Waals surface area (Å²) in [4.78, 5) is 39.9. The molecule has 0 radical (unpaired) electrons. The van der Waals surface area contributed by atoms with Crippen LogP contribution in [0.15, 0.2) is 115 Å². The topological polar surface area (TPSA) is 98.6 Å². The molecule has 0 aliphatic heterocycles. The van der Waals surface area contributed by atoms with E-state index in [4.69, 9.17) is 0 Å². The maximum Gasteiger partial charge on any atom is 0.166 e. The van der Waals surface area contributed by atoms with Gasteiger partial charge >= 0.3 is 0 Å². The van der Waals surface area contributed by atoms with E-state index in [2.05, 4.69) is 15.0 Å². The summed E-state index contributed by atoms with van der Waals surface area (Å²) in [6, 6.07) is 31.0. The highest BCUT2D eigenvalue weighted by molar-refractivity contribution is 5.75. The number of hydrogen-bond donors (Lipinski definition) is 3. The summed E-state index contributed by atoms with van der Waals surface area (Å²) in [5.74, 6) is 0. The molecule has 5 rings (SSSR count). The molecule has 2 aromatic carbocycles. The maximum absolute atomic E-state index is 10.5. The van der Waals surface area contributed by atoms with Gasteiger partial charge in [0.1, 0.15) is 0 Å². The number of aromatic amines is 3. The second-order valence-corrected chi connectivity index (χ2v) is 8.83. The molecule has 0 spiro atoms. The number of allylic oxidation sites excluding steroid dienone is 3. The fourth-order valence-electron chi connectivity index (χ4n) is 3.61. The normalized spacial score (nSPS) is 10.9. The van der Waals surface area contributed by atoms with Crippen molar-refractivity contribution in [3.05, 3.63) is 161 Å². The Hall–Kier alpha value is -5.75. The average Bonchev–Trinajstić information content (AvgIpc) is 3.81. The van der Waals surface area contributed by atoms with Crippen LogP contribution in [0, 0.1) is 0 Å². The highest BCUT2D eigenvalue weighted by atomic mass is 16.1. The molecule has 3 N–H and O–H groups in total. The summed E-state index contributed by atoms with van der Waals surface area (Å²) in [6.45, 7) is 1.93. The molecule has 0 fully saturated rings. The third kappa shape index (κ3) is 11.2. The summed E-state index contributed by atoms with van der Waals surface area (Å²) in [5, 5.41) is 0. The van der Waals surface area contributed by atoms with Crippen molar-refractivity contribution >= 4 is 49.2 Å². The van der Waals surface area contributed by atoms with Crippen LogP contribution in [-0.4, -0.2) is 33.8 Å². The summed E-state index contributed by atoms with van der Waals surface area (Å²) in [7, 11) is 0. The zero-order valence-corrected chi connectivity index (χ0v) is 23.3. The summed E-state index contributed by atoms with van der Waals surface area (Å²) in [5.41, 5.74) is 6.93. The first-order valence-corrected chi connectivity index (χ1v) is 13.3. The molecule has 6 nitrogen and oxygen atoms in total. The van der Waals surface area contributed by atoms with E-state index in [1.54, 1.807) is 18.2 Å². The SMILES string of the molecule is CC=Cc1ccc(C=O)[nH]1.O=Cc1ccc(C=CC=Cc2ccccc2)[nH]1.O=Cc1ccc(C=Cc2ccccc2)[nH]1. The molecule has 0 aliphatic carbocycles. The van der Waals surface area contributed by atoms with E-state index in [0.717, 1.165) is 47.1 Å². The third-order valence-electron chi connectivity index (χ3n) is 5.65. The van der Waals surface area contributed by atoms with E-state index < -0.39 is 0 Å². The molecule has 5 aromatic rings. The van der Waals surface area contributed by atoms with Crippen LogP contribution in [-0.2, 0) is 0 Å². The highest BCUT2D eigenvalue weighted by Crippen LogP contribution is 2.08. The molecule has 0 aliphatic rings. The van der Waals surface area contributed by atoms with Crippen LogP contribution >= 0.6 is 0 Å². The second-order valence-electron chi connectivity index (χ2n) is 8.83. The van der Waals surface area contributed by atoms with Gasteiger partial charge in [0.15, 0.2) is 18.9 Å². The molecule has 0 saturated heterocycles. The molecule has 0 amide bonds. The molecule has 0 bridgehead atoms. The third-order valence-corrected chi connectivity index (χ3v) is 5.65. The van der Waals surface area contributed by atoms with E-state index in [-0.39, 0.29) is 0 Å². The van der Waals surface area contributed by atoms with Gasteiger partial charge in [-0.25, -0.2) is 0 Å². The largest absolute Gasteiger partial charge is 0.353 e. The van der Waals surface area contributed by atoms with Crippen LogP contribution in [0.5, 0.6) is 0 Å². The molecule has 0 atom stereocenters. The molecular weight excluding hydrogens is 522 g/mol. The first-order chi connectivity index (χ1) is 20.6. The molecule has 3 aromatic heterocycles. The smallest absolute Gasteiger partial charge is 0.166 e. The molecule has 42 heavy (non-hydrogen) atoms. The Labute approximate surface area is 245 Å². The van der Waals surface area contributed by atoms with Crippen LogP contribution in [0.3, 0.4) is 0 Å². The summed E-state index contributed by atoms with van der Waals surface area (Å²) in [6.07, 6.45) is 18.0. The lowest BCUT2D eigenvalue weighted by Gasteiger charge is -1.90. The summed E-state index contributed by atoms with van der Waals surface area (Å²) >= 11 is 0. The zero-order valence-electron chi connectivity index (χ0n) is 23.3. The van der Waals surface area contributed by atoms with Gasteiger partial charge in [-0.3, -0.25) is 14.4 Å². The average molecular weight is 556 g/mol. The van der Waals surface area contributed by atoms with Crippen molar-refractivity contribution in [1.29, 1.82) is 0 Å². The van der Waals surface area contributed by atoms with Crippen LogP contribution < -0.4 is 0 Å². The van der Waals surface area contributed by atoms with Crippen molar-refractivity contribution in [2.24, 2.45) is 0 Å². The van der Waals surface area contributed by atoms with Crippen LogP contribution in [0.2, 0.25) is 0 Å². The van der Waals surface area contributed by atoms with Gasteiger partial charge in [0.05, 0.1) is 17.1 Å². The molecule has 0 saturated carbocycles. The van der Waals surface area contributed by atoms with Crippen molar-refractivity contribution < 1.29 is 14.4 Å². The van der Waals surface area contributed by atoms with Gasteiger partial charge in [-0.2, -0.15) is 0 Å². The summed E-state index contributed by atoms with van der Waals surface area (Å²) < 4.78 is 0. The van der Waals surface area contributed by atoms with Gasteiger partial charge in [0.2, 0.25) is 0 Å². The van der Waals surface area contributed by atoms with Crippen molar-refractivity contribution in [3.8, 4) is 0 Å². The molecule has 3 heterocycles. The highest BCUT2D eigenvalue weighted by Gasteiger charge is 1.93. The van der Waals surface area contributed by atoms with Crippen LogP contribution in [0.4, 0.5) is 0 Å². The van der Waals surface area contributed by atoms with Gasteiger partial charge in [0, 0.05) is 17.1 Å². The number of aromatic nitrogens is 3. The number of benzene rings is 2. The van der Waals surface area contributed by atoms with Gasteiger partial charge < -0.3 is 15.0 Å². The number of carbonyl (C=O) groups is 3. The van der Waals surface area contributed by atoms with Crippen LogP contribution in [0.1, 0.15) is 66.6 Å². The lowest BCUT2D eigenvalue weighted by atomic mass is 10.2. The minimum Gasteiger partial charge on any atom is -0.353 e. The number of hydrogen-bond acceptors (Lipinski definition) is 3. The number of nitrogens with one attached hydrogen (secondary N) is 3. The predicted octanol–water partition coefficient (Wildman–Crippen LogP) is 8.41. The number of carbonyl (C=O) groups excluding carboxylic acids is 3. The van der Waals surface area contributed by atoms with Gasteiger partial charge in [-0.1, -0.05) is 91.0 Å². The zero-order chi connectivity index (χ0) is 29.8. The van der Waals surface area contributed by atoms with Crippen molar-refractivity contribution in [1.82, 2.24) is 15.0 Å². The minimum absolute atomic E-state index is 0.594. The fourth-order valence-corrected chi connectivity index (χ4v) is 3.61. The lowest BCUT2D eigenvalue weighted by Crippen LogP contribution is -1.77. The predicted molar refractivity (Wildman–Crippen MR) is 173 cm³/mol. The minimum atomic E-state index is 0.594. The van der Waals surface area contributed by atoms with Crippen molar-refractivity contribution in [2.45, 2.75) is 6.92 Å². The second kappa shape index (κ2) is 17.8. The maximum atomic E-state index is 10.5. The Morgan fingerprint density at radius 3 is 1.21 bits per heavy atom. The van der Waals surface area contributed by atoms with E-state index in [0.29, 0.717) is 17.1 Å². The molecule has 210 valence electrons. The standard InChI is InChI=1S/C15H13NO.C13H11NO.C8H9NO/c17-12-15-11-10-14(16-15)9-5-4-8-13-6-2-1-3-7-13;15-10-13-9-8-12(14-13)7-6-11-4-2-1-3-5-11;1-2-3-7-4-5-8(6-10)9-7/h1-12,16H;1-10,14H;2-6,9H,1H3. The molecular formula is C36H33N3O3. The van der Waals surface area contributed by atoms with Gasteiger partial charge in [-0.05, 0) is 72.7 Å². The Morgan fingerprint density at radius 1 is 0.405 bits per heavy atom. The first kappa shape index (κ1) is 30.8. The van der Waals surface area contributed by atoms with Gasteiger partial charge in [-0.15, -0.1) is 0 Å². The van der Waals surface area contributed by atoms with E-state index in [1.165, 1.54) is 0 Å². The van der Waals surface area contributed by atoms with Gasteiger partial charge in [0.25, 0.3) is 0 Å². The van der Waals surface area contributed by atoms with Crippen molar-refractivity contribution in [3.63, 3.8) is 0 Å². The Balaban J connectivity index is 0.000000179. The van der Waals surface area contributed by atoms with Crippen molar-refractivity contribution in [2.75, 3.05) is 0 Å². The fraction of sp³-hybridized carbons (Fsp3) is 0.0278. The quantitative estimate of drug-likeness (QED) is 0.126. The van der Waals surface area contributed by atoms with E-state index in [1.807, 2.05) is 134 Å². The Morgan fingerprint density at radius 2 is 0.786 bits per heavy atom. The molecule has 0 unspecified atom stereocenters. The Kier molecular flexibility index (Phi) is 13.0. The van der Waals surface area contributed by atoms with E-state index >= 15 is 0 Å². The molecule has 6 heteroatoms. The lowest BCUT2D eigenvalue weighted by molar-refractivity contribution is 0.111. The Bertz CT molecular complexity index is 1630. The first-order valence-electron chi connectivity index (χ1n) is 13.3. The number of aldehydes is 3. The van der Waals surface area contributed by atoms with E-state index in [9.17, 15) is 14.4 Å². The monoisotopic (exact) mass is 555 g/mol. The number of H-pyrrole nitrogens is 3.